The summed E-state index contributed by atoms with van der Waals surface area (Å²) >= 11 is 6.16. The summed E-state index contributed by atoms with van der Waals surface area (Å²) in [6.45, 7) is 6.42. The molecule has 0 bridgehead atoms. The van der Waals surface area contributed by atoms with Gasteiger partial charge >= 0.3 is 0 Å². The van der Waals surface area contributed by atoms with Crippen LogP contribution in [0.15, 0.2) is 18.2 Å². The van der Waals surface area contributed by atoms with E-state index in [2.05, 4.69) is 25.2 Å². The van der Waals surface area contributed by atoms with Crippen molar-refractivity contribution >= 4 is 11.6 Å². The molecule has 0 spiro atoms. The van der Waals surface area contributed by atoms with Gasteiger partial charge in [-0.15, -0.1) is 0 Å². The van der Waals surface area contributed by atoms with E-state index in [0.29, 0.717) is 0 Å². The van der Waals surface area contributed by atoms with Gasteiger partial charge in [0, 0.05) is 22.5 Å². The van der Waals surface area contributed by atoms with Crippen molar-refractivity contribution in [2.24, 2.45) is 5.92 Å². The summed E-state index contributed by atoms with van der Waals surface area (Å²) in [4.78, 5) is 0. The van der Waals surface area contributed by atoms with Gasteiger partial charge in [0.15, 0.2) is 0 Å². The number of rotatable bonds is 6. The molecule has 0 aliphatic heterocycles. The van der Waals surface area contributed by atoms with Gasteiger partial charge in [-0.25, -0.2) is 0 Å². The van der Waals surface area contributed by atoms with E-state index in [1.807, 2.05) is 12.1 Å². The van der Waals surface area contributed by atoms with Crippen LogP contribution in [-0.2, 0) is 5.41 Å². The van der Waals surface area contributed by atoms with Gasteiger partial charge in [0.25, 0.3) is 0 Å². The molecule has 2 nitrogen and oxygen atoms in total. The molecular weight excluding hydrogens is 246 g/mol. The maximum Gasteiger partial charge on any atom is 0.122 e. The highest BCUT2D eigenvalue weighted by Crippen LogP contribution is 2.58. The van der Waals surface area contributed by atoms with Crippen LogP contribution in [-0.4, -0.2) is 20.2 Å². The van der Waals surface area contributed by atoms with E-state index in [9.17, 15) is 0 Å². The second kappa shape index (κ2) is 5.50. The van der Waals surface area contributed by atoms with E-state index in [-0.39, 0.29) is 5.41 Å². The molecule has 0 saturated heterocycles. The third-order valence-corrected chi connectivity index (χ3v) is 4.35. The number of halogens is 1. The first-order valence-corrected chi connectivity index (χ1v) is 7.10. The standard InChI is InChI=1S/C15H22ClNO/c1-4-11-9-15(11,10-17-5-2)13-8-12(16)6-7-14(13)18-3/h6-8,11,17H,4-5,9-10H2,1-3H3. The number of likely N-dealkylation sites (N-methyl/N-ethyl adjacent to an activating group) is 1. The van der Waals surface area contributed by atoms with E-state index >= 15 is 0 Å². The topological polar surface area (TPSA) is 21.3 Å². The Bertz CT molecular complexity index is 421. The molecule has 2 rings (SSSR count). The van der Waals surface area contributed by atoms with Crippen molar-refractivity contribution in [1.82, 2.24) is 5.32 Å². The molecule has 18 heavy (non-hydrogen) atoms. The largest absolute Gasteiger partial charge is 0.496 e. The van der Waals surface area contributed by atoms with Crippen LogP contribution in [0.4, 0.5) is 0 Å². The molecule has 100 valence electrons. The number of ether oxygens (including phenoxy) is 1. The maximum absolute atomic E-state index is 6.16. The molecule has 0 radical (unpaired) electrons. The van der Waals surface area contributed by atoms with Gasteiger partial charge in [0.2, 0.25) is 0 Å². The molecule has 1 N–H and O–H groups in total. The zero-order valence-electron chi connectivity index (χ0n) is 11.4. The van der Waals surface area contributed by atoms with E-state index in [4.69, 9.17) is 16.3 Å². The van der Waals surface area contributed by atoms with Gasteiger partial charge in [-0.3, -0.25) is 0 Å². The van der Waals surface area contributed by atoms with Crippen molar-refractivity contribution in [1.29, 1.82) is 0 Å². The van der Waals surface area contributed by atoms with E-state index < -0.39 is 0 Å². The van der Waals surface area contributed by atoms with Crippen LogP contribution in [0, 0.1) is 5.92 Å². The molecular formula is C15H22ClNO. The van der Waals surface area contributed by atoms with Gasteiger partial charge in [0.05, 0.1) is 7.11 Å². The van der Waals surface area contributed by atoms with Crippen LogP contribution in [0.2, 0.25) is 5.02 Å². The molecule has 0 aromatic heterocycles. The third kappa shape index (κ3) is 2.36. The van der Waals surface area contributed by atoms with Gasteiger partial charge in [-0.2, -0.15) is 0 Å². The Morgan fingerprint density at radius 3 is 2.78 bits per heavy atom. The van der Waals surface area contributed by atoms with Gasteiger partial charge in [0.1, 0.15) is 5.75 Å². The average molecular weight is 268 g/mol. The van der Waals surface area contributed by atoms with Crippen molar-refractivity contribution in [2.45, 2.75) is 32.1 Å². The molecule has 2 atom stereocenters. The third-order valence-electron chi connectivity index (χ3n) is 4.11. The Morgan fingerprint density at radius 2 is 2.22 bits per heavy atom. The summed E-state index contributed by atoms with van der Waals surface area (Å²) in [5.74, 6) is 1.71. The van der Waals surface area contributed by atoms with Crippen molar-refractivity contribution < 1.29 is 4.74 Å². The van der Waals surface area contributed by atoms with Crippen LogP contribution in [0.5, 0.6) is 5.75 Å². The number of hydrogen-bond acceptors (Lipinski definition) is 2. The lowest BCUT2D eigenvalue weighted by molar-refractivity contribution is 0.398. The van der Waals surface area contributed by atoms with Gasteiger partial charge in [-0.1, -0.05) is 31.9 Å². The molecule has 1 aromatic rings. The highest BCUT2D eigenvalue weighted by molar-refractivity contribution is 6.30. The molecule has 0 amide bonds. The summed E-state index contributed by atoms with van der Waals surface area (Å²) in [6.07, 6.45) is 2.44. The Morgan fingerprint density at radius 1 is 1.44 bits per heavy atom. The molecule has 1 saturated carbocycles. The summed E-state index contributed by atoms with van der Waals surface area (Å²) in [5, 5.41) is 4.28. The minimum atomic E-state index is 0.223. The highest BCUT2D eigenvalue weighted by Gasteiger charge is 2.54. The second-order valence-corrected chi connectivity index (χ2v) is 5.53. The smallest absolute Gasteiger partial charge is 0.122 e. The lowest BCUT2D eigenvalue weighted by Gasteiger charge is -2.21. The normalized spacial score (nSPS) is 26.1. The molecule has 0 heterocycles. The van der Waals surface area contributed by atoms with Crippen LogP contribution in [0.25, 0.3) is 0 Å². The first-order valence-electron chi connectivity index (χ1n) is 6.72. The molecule has 2 unspecified atom stereocenters. The van der Waals surface area contributed by atoms with E-state index in [1.54, 1.807) is 7.11 Å². The molecule has 1 aromatic carbocycles. The fourth-order valence-electron chi connectivity index (χ4n) is 2.97. The maximum atomic E-state index is 6.16. The fraction of sp³-hybridized carbons (Fsp3) is 0.600. The number of methoxy groups -OCH3 is 1. The lowest BCUT2D eigenvalue weighted by Crippen LogP contribution is -2.28. The molecule has 3 heteroatoms. The van der Waals surface area contributed by atoms with Crippen molar-refractivity contribution in [3.63, 3.8) is 0 Å². The SMILES string of the molecule is CCNCC1(c2cc(Cl)ccc2OC)CC1CC. The highest BCUT2D eigenvalue weighted by atomic mass is 35.5. The average Bonchev–Trinajstić information content (AvgIpc) is 3.11. The quantitative estimate of drug-likeness (QED) is 0.850. The van der Waals surface area contributed by atoms with Crippen molar-refractivity contribution in [3.8, 4) is 5.75 Å². The molecule has 1 aliphatic rings. The zero-order chi connectivity index (χ0) is 13.2. The van der Waals surface area contributed by atoms with Crippen LogP contribution in [0.1, 0.15) is 32.3 Å². The molecule has 1 aliphatic carbocycles. The second-order valence-electron chi connectivity index (χ2n) is 5.09. The van der Waals surface area contributed by atoms with Gasteiger partial charge in [-0.05, 0) is 37.1 Å². The fourth-order valence-corrected chi connectivity index (χ4v) is 3.15. The Kier molecular flexibility index (Phi) is 4.18. The number of benzene rings is 1. The number of nitrogens with one attached hydrogen (secondary N) is 1. The van der Waals surface area contributed by atoms with Crippen molar-refractivity contribution in [2.75, 3.05) is 20.2 Å². The van der Waals surface area contributed by atoms with Crippen LogP contribution < -0.4 is 10.1 Å². The van der Waals surface area contributed by atoms with Crippen LogP contribution >= 0.6 is 11.6 Å². The number of hydrogen-bond donors (Lipinski definition) is 1. The predicted octanol–water partition coefficient (Wildman–Crippen LogP) is 3.63. The molecule has 1 fully saturated rings. The summed E-state index contributed by atoms with van der Waals surface area (Å²) in [5.41, 5.74) is 1.49. The van der Waals surface area contributed by atoms with Gasteiger partial charge < -0.3 is 10.1 Å². The minimum Gasteiger partial charge on any atom is -0.496 e. The Labute approximate surface area is 115 Å². The lowest BCUT2D eigenvalue weighted by atomic mass is 9.91. The minimum absolute atomic E-state index is 0.223. The van der Waals surface area contributed by atoms with Crippen LogP contribution in [0.3, 0.4) is 0 Å². The monoisotopic (exact) mass is 267 g/mol. The zero-order valence-corrected chi connectivity index (χ0v) is 12.2. The Hall–Kier alpha value is -0.730. The summed E-state index contributed by atoms with van der Waals surface area (Å²) in [7, 11) is 1.73. The predicted molar refractivity (Wildman–Crippen MR) is 76.6 cm³/mol. The Balaban J connectivity index is 2.34. The first kappa shape index (κ1) is 13.7. The summed E-state index contributed by atoms with van der Waals surface area (Å²) < 4.78 is 5.51. The van der Waals surface area contributed by atoms with E-state index in [0.717, 1.165) is 29.8 Å². The summed E-state index contributed by atoms with van der Waals surface area (Å²) in [6, 6.07) is 5.96. The van der Waals surface area contributed by atoms with E-state index in [1.165, 1.54) is 18.4 Å². The first-order chi connectivity index (χ1) is 8.67. The van der Waals surface area contributed by atoms with Crippen molar-refractivity contribution in [3.05, 3.63) is 28.8 Å².